The highest BCUT2D eigenvalue weighted by Crippen LogP contribution is 2.27. The lowest BCUT2D eigenvalue weighted by Crippen LogP contribution is -2.53. The van der Waals surface area contributed by atoms with Crippen LogP contribution in [0.3, 0.4) is 0 Å². The van der Waals surface area contributed by atoms with Gasteiger partial charge in [-0.3, -0.25) is 4.57 Å². The summed E-state index contributed by atoms with van der Waals surface area (Å²) in [5.74, 6) is -3.40. The molecule has 0 saturated carbocycles. The Hall–Kier alpha value is -4.32. The summed E-state index contributed by atoms with van der Waals surface area (Å²) in [7, 11) is 1.10. The number of tetrazole rings is 1. The molecule has 0 spiro atoms. The molecule has 0 fully saturated rings. The van der Waals surface area contributed by atoms with Crippen LogP contribution in [0.5, 0.6) is 0 Å². The number of anilines is 1. The molecule has 6 N–H and O–H groups in total. The van der Waals surface area contributed by atoms with E-state index in [4.69, 9.17) is 26.8 Å². The zero-order chi connectivity index (χ0) is 28.3. The van der Waals surface area contributed by atoms with Gasteiger partial charge in [-0.15, -0.1) is 5.10 Å². The molecule has 3 aromatic heterocycles. The number of aromatic nitrogens is 8. The van der Waals surface area contributed by atoms with Crippen LogP contribution in [0.15, 0.2) is 30.6 Å². The molecule has 0 radical (unpaired) electrons. The van der Waals surface area contributed by atoms with E-state index in [-0.39, 0.29) is 27.8 Å². The van der Waals surface area contributed by atoms with Crippen LogP contribution < -0.4 is 5.73 Å². The summed E-state index contributed by atoms with van der Waals surface area (Å²) in [6, 6.07) is 6.06. The second-order valence-corrected chi connectivity index (χ2v) is 8.55. The van der Waals surface area contributed by atoms with Gasteiger partial charge in [0.15, 0.2) is 17.3 Å². The monoisotopic (exact) mass is 565 g/mol. The summed E-state index contributed by atoms with van der Waals surface area (Å²) in [4.78, 5) is 35.8. The highest BCUT2D eigenvalue weighted by Gasteiger charge is 2.49. The standard InChI is InChI=1S/C21H21ClFN9O7/c1-38-11(13(33)14(23)32-8-25-12-15(24)26-20(22)27-17(12)32)7-39-21(18(34)35,19(36)37)6-9-2-4-10(5-3-9)16-28-30-31-29-16/h2-5,8,11,13-14,33H,6-7H2,1H3,(H,34,35)(H,36,37)(H2,24,26,27)(H,28,29,30,31)/t11-,13-,14-/m1/s1. The van der Waals surface area contributed by atoms with Gasteiger partial charge in [-0.05, 0) is 27.6 Å². The molecule has 39 heavy (non-hydrogen) atoms. The van der Waals surface area contributed by atoms with Crippen molar-refractivity contribution in [2.24, 2.45) is 0 Å². The summed E-state index contributed by atoms with van der Waals surface area (Å²) in [6.45, 7) is -0.816. The summed E-state index contributed by atoms with van der Waals surface area (Å²) < 4.78 is 26.7. The number of alkyl halides is 1. The molecule has 0 aliphatic rings. The number of H-pyrrole nitrogens is 1. The Labute approximate surface area is 222 Å². The average molecular weight is 566 g/mol. The number of imidazole rings is 1. The van der Waals surface area contributed by atoms with Gasteiger partial charge in [0.05, 0.1) is 12.9 Å². The first-order valence-electron chi connectivity index (χ1n) is 11.0. The van der Waals surface area contributed by atoms with Crippen LogP contribution in [-0.2, 0) is 25.5 Å². The number of carboxylic acid groups (broad SMARTS) is 2. The van der Waals surface area contributed by atoms with Gasteiger partial charge in [0.25, 0.3) is 5.60 Å². The van der Waals surface area contributed by atoms with Gasteiger partial charge in [0.2, 0.25) is 11.6 Å². The number of carbonyl (C=O) groups is 2. The zero-order valence-corrected chi connectivity index (χ0v) is 20.7. The number of nitrogens with one attached hydrogen (secondary N) is 1. The second kappa shape index (κ2) is 11.2. The Bertz CT molecular complexity index is 1450. The predicted molar refractivity (Wildman–Crippen MR) is 129 cm³/mol. The van der Waals surface area contributed by atoms with Crippen LogP contribution in [-0.4, -0.2) is 98.9 Å². The van der Waals surface area contributed by atoms with E-state index in [0.717, 1.165) is 18.0 Å². The maximum Gasteiger partial charge on any atom is 0.348 e. The number of methoxy groups -OCH3 is 1. The van der Waals surface area contributed by atoms with Crippen LogP contribution in [0, 0.1) is 0 Å². The lowest BCUT2D eigenvalue weighted by atomic mass is 9.93. The first kappa shape index (κ1) is 27.7. The number of ether oxygens (including phenoxy) is 2. The van der Waals surface area contributed by atoms with Crippen LogP contribution in [0.1, 0.15) is 11.9 Å². The van der Waals surface area contributed by atoms with Crippen molar-refractivity contribution in [3.05, 3.63) is 41.4 Å². The van der Waals surface area contributed by atoms with Crippen molar-refractivity contribution in [3.8, 4) is 11.4 Å². The van der Waals surface area contributed by atoms with E-state index in [9.17, 15) is 24.9 Å². The number of nitrogens with zero attached hydrogens (tertiary/aromatic N) is 7. The number of nitrogens with two attached hydrogens (primary N) is 1. The minimum atomic E-state index is -2.80. The van der Waals surface area contributed by atoms with Gasteiger partial charge >= 0.3 is 11.9 Å². The van der Waals surface area contributed by atoms with Crippen molar-refractivity contribution in [2.75, 3.05) is 19.5 Å². The van der Waals surface area contributed by atoms with Gasteiger partial charge in [-0.1, -0.05) is 24.3 Å². The smallest absolute Gasteiger partial charge is 0.348 e. The second-order valence-electron chi connectivity index (χ2n) is 8.21. The van der Waals surface area contributed by atoms with Crippen LogP contribution in [0.2, 0.25) is 5.28 Å². The summed E-state index contributed by atoms with van der Waals surface area (Å²) >= 11 is 5.79. The topological polar surface area (TPSA) is 237 Å². The Morgan fingerprint density at radius 3 is 2.51 bits per heavy atom. The number of aromatic amines is 1. The van der Waals surface area contributed by atoms with Crippen LogP contribution in [0.4, 0.5) is 10.2 Å². The molecule has 0 unspecified atom stereocenters. The van der Waals surface area contributed by atoms with Gasteiger partial charge < -0.3 is 30.5 Å². The third-order valence-electron chi connectivity index (χ3n) is 5.86. The van der Waals surface area contributed by atoms with E-state index in [1.165, 1.54) is 12.1 Å². The third-order valence-corrected chi connectivity index (χ3v) is 6.03. The maximum absolute atomic E-state index is 15.4. The normalized spacial score (nSPS) is 14.3. The van der Waals surface area contributed by atoms with E-state index < -0.39 is 49.1 Å². The Kier molecular flexibility index (Phi) is 7.95. The molecular formula is C21H21ClFN9O7. The molecule has 0 amide bonds. The number of rotatable bonds is 12. The fraction of sp³-hybridized carbons (Fsp3) is 0.333. The number of hydrogen-bond acceptors (Lipinski definition) is 12. The summed E-state index contributed by atoms with van der Waals surface area (Å²) in [6.07, 6.45) is -5.37. The fourth-order valence-corrected chi connectivity index (χ4v) is 3.90. The SMILES string of the molecule is CO[C@H](COC(Cc1ccc(-c2nnn[nH]2)cc1)(C(=O)O)C(=O)O)[C@@H](O)[C@H](F)n1cnc2c(N)nc(Cl)nc21. The molecule has 16 nitrogen and oxygen atoms in total. The van der Waals surface area contributed by atoms with E-state index in [2.05, 4.69) is 35.6 Å². The fourth-order valence-electron chi connectivity index (χ4n) is 3.73. The van der Waals surface area contributed by atoms with Crippen molar-refractivity contribution in [2.45, 2.75) is 30.5 Å². The number of aliphatic hydroxyl groups is 1. The minimum Gasteiger partial charge on any atom is -0.479 e. The predicted octanol–water partition coefficient (Wildman–Crippen LogP) is 0.253. The number of nitrogen functional groups attached to an aromatic ring is 1. The van der Waals surface area contributed by atoms with Gasteiger partial charge in [-0.25, -0.2) is 24.1 Å². The van der Waals surface area contributed by atoms with Crippen molar-refractivity contribution in [1.29, 1.82) is 0 Å². The first-order valence-corrected chi connectivity index (χ1v) is 11.4. The molecule has 4 rings (SSSR count). The van der Waals surface area contributed by atoms with Gasteiger partial charge in [-0.2, -0.15) is 9.97 Å². The lowest BCUT2D eigenvalue weighted by Gasteiger charge is -2.30. The first-order chi connectivity index (χ1) is 18.6. The summed E-state index contributed by atoms with van der Waals surface area (Å²) in [5.41, 5.74) is 3.68. The molecule has 206 valence electrons. The molecule has 3 heterocycles. The number of benzene rings is 1. The van der Waals surface area contributed by atoms with E-state index in [1.807, 2.05) is 0 Å². The van der Waals surface area contributed by atoms with Crippen LogP contribution in [0.25, 0.3) is 22.6 Å². The molecule has 4 aromatic rings. The summed E-state index contributed by atoms with van der Waals surface area (Å²) in [5, 5.41) is 43.3. The molecule has 0 bridgehead atoms. The number of fused-ring (bicyclic) bond motifs is 1. The number of aliphatic carboxylic acids is 2. The molecule has 18 heteroatoms. The molecule has 1 aromatic carbocycles. The van der Waals surface area contributed by atoms with E-state index in [1.54, 1.807) is 12.1 Å². The minimum absolute atomic E-state index is 0.0285. The molecular weight excluding hydrogens is 545 g/mol. The number of hydrogen-bond donors (Lipinski definition) is 5. The molecule has 0 aliphatic heterocycles. The van der Waals surface area contributed by atoms with Crippen molar-refractivity contribution in [3.63, 3.8) is 0 Å². The maximum atomic E-state index is 15.4. The van der Waals surface area contributed by atoms with Gasteiger partial charge in [0, 0.05) is 19.1 Å². The molecule has 0 saturated heterocycles. The van der Waals surface area contributed by atoms with E-state index in [0.29, 0.717) is 11.4 Å². The number of aliphatic hydroxyl groups excluding tert-OH is 1. The van der Waals surface area contributed by atoms with Gasteiger partial charge in [0.1, 0.15) is 17.7 Å². The van der Waals surface area contributed by atoms with Crippen LogP contribution >= 0.6 is 11.6 Å². The third kappa shape index (κ3) is 5.46. The molecule has 0 aliphatic carbocycles. The highest BCUT2D eigenvalue weighted by molar-refractivity contribution is 6.28. The lowest BCUT2D eigenvalue weighted by molar-refractivity contribution is -0.192. The Balaban J connectivity index is 1.54. The van der Waals surface area contributed by atoms with E-state index >= 15 is 4.39 Å². The molecule has 3 atom stereocenters. The number of halogens is 2. The largest absolute Gasteiger partial charge is 0.479 e. The van der Waals surface area contributed by atoms with Crippen molar-refractivity contribution in [1.82, 2.24) is 40.1 Å². The zero-order valence-electron chi connectivity index (χ0n) is 20.0. The highest BCUT2D eigenvalue weighted by atomic mass is 35.5. The Morgan fingerprint density at radius 2 is 1.92 bits per heavy atom. The average Bonchev–Trinajstić information content (AvgIpc) is 3.58. The Morgan fingerprint density at radius 1 is 1.23 bits per heavy atom. The quantitative estimate of drug-likeness (QED) is 0.114. The van der Waals surface area contributed by atoms with Crippen molar-refractivity contribution < 1.29 is 38.8 Å². The van der Waals surface area contributed by atoms with Crippen molar-refractivity contribution >= 4 is 40.5 Å². The number of carboxylic acids is 2.